The molecule has 1 aliphatic rings. The Kier molecular flexibility index (Phi) is 6.41. The molecule has 3 heteroatoms. The van der Waals surface area contributed by atoms with Gasteiger partial charge in [0.2, 0.25) is 0 Å². The summed E-state index contributed by atoms with van der Waals surface area (Å²) in [5.41, 5.74) is 1.22. The lowest BCUT2D eigenvalue weighted by Gasteiger charge is -2.05. The number of rotatable bonds is 10. The molecule has 0 N–H and O–H groups in total. The van der Waals surface area contributed by atoms with Crippen LogP contribution >= 0.6 is 0 Å². The van der Waals surface area contributed by atoms with Crippen LogP contribution in [0.2, 0.25) is 5.21 Å². The Bertz CT molecular complexity index is 405. The van der Waals surface area contributed by atoms with Gasteiger partial charge >= 0.3 is 0 Å². The molecule has 110 valence electrons. The van der Waals surface area contributed by atoms with Crippen LogP contribution in [0.4, 0.5) is 0 Å². The SMILES string of the molecule is [B]C1([B])C(CCCCCC)C1CCOCc1ccccc1. The van der Waals surface area contributed by atoms with Crippen LogP contribution in [-0.2, 0) is 11.3 Å². The molecule has 4 radical (unpaired) electrons. The molecule has 1 nitrogen and oxygen atoms in total. The largest absolute Gasteiger partial charge is 0.377 e. The van der Waals surface area contributed by atoms with Crippen LogP contribution < -0.4 is 0 Å². The van der Waals surface area contributed by atoms with Gasteiger partial charge in [0.25, 0.3) is 0 Å². The lowest BCUT2D eigenvalue weighted by atomic mass is 9.63. The highest BCUT2D eigenvalue weighted by Crippen LogP contribution is 2.64. The second kappa shape index (κ2) is 8.08. The molecule has 21 heavy (non-hydrogen) atoms. The van der Waals surface area contributed by atoms with E-state index < -0.39 is 5.21 Å². The summed E-state index contributed by atoms with van der Waals surface area (Å²) in [4.78, 5) is 0. The third-order valence-electron chi connectivity index (χ3n) is 4.71. The van der Waals surface area contributed by atoms with Crippen molar-refractivity contribution < 1.29 is 4.74 Å². The monoisotopic (exact) mass is 280 g/mol. The van der Waals surface area contributed by atoms with E-state index in [1.54, 1.807) is 0 Å². The highest BCUT2D eigenvalue weighted by atomic mass is 16.5. The number of unbranched alkanes of at least 4 members (excludes halogenated alkanes) is 3. The quantitative estimate of drug-likeness (QED) is 0.459. The van der Waals surface area contributed by atoms with E-state index in [0.717, 1.165) is 13.0 Å². The van der Waals surface area contributed by atoms with E-state index in [1.807, 2.05) is 18.2 Å². The van der Waals surface area contributed by atoms with E-state index in [4.69, 9.17) is 20.4 Å². The fourth-order valence-electron chi connectivity index (χ4n) is 3.26. The molecule has 2 unspecified atom stereocenters. The Morgan fingerprint density at radius 3 is 2.43 bits per heavy atom. The third-order valence-corrected chi connectivity index (χ3v) is 4.71. The summed E-state index contributed by atoms with van der Waals surface area (Å²) in [7, 11) is 12.4. The fourth-order valence-corrected chi connectivity index (χ4v) is 3.26. The smallest absolute Gasteiger partial charge is 0.0716 e. The summed E-state index contributed by atoms with van der Waals surface area (Å²) < 4.78 is 5.74. The van der Waals surface area contributed by atoms with Gasteiger partial charge in [0, 0.05) is 6.61 Å². The summed E-state index contributed by atoms with van der Waals surface area (Å²) in [5.74, 6) is 0.935. The number of hydrogen-bond donors (Lipinski definition) is 0. The minimum Gasteiger partial charge on any atom is -0.377 e. The first-order valence-electron chi connectivity index (χ1n) is 8.35. The van der Waals surface area contributed by atoms with Crippen LogP contribution in [0.15, 0.2) is 30.3 Å². The Morgan fingerprint density at radius 2 is 1.71 bits per heavy atom. The number of ether oxygens (including phenoxy) is 1. The van der Waals surface area contributed by atoms with Gasteiger partial charge in [-0.3, -0.25) is 0 Å². The lowest BCUT2D eigenvalue weighted by Crippen LogP contribution is -2.00. The van der Waals surface area contributed by atoms with Crippen molar-refractivity contribution in [2.24, 2.45) is 11.8 Å². The van der Waals surface area contributed by atoms with Crippen molar-refractivity contribution in [1.29, 1.82) is 0 Å². The fraction of sp³-hybridized carbons (Fsp3) is 0.667. The zero-order valence-electron chi connectivity index (χ0n) is 13.3. The summed E-state index contributed by atoms with van der Waals surface area (Å²) in [6.07, 6.45) is 7.32. The standard InChI is InChI=1S/C18H26B2O/c1-2-3-4-8-11-16-17(18(16,19)20)12-13-21-14-15-9-6-5-7-10-15/h5-7,9-10,16-17H,2-4,8,11-14H2,1H3. The van der Waals surface area contributed by atoms with Crippen molar-refractivity contribution in [2.75, 3.05) is 6.61 Å². The molecule has 0 bridgehead atoms. The Morgan fingerprint density at radius 1 is 1.00 bits per heavy atom. The average molecular weight is 280 g/mol. The topological polar surface area (TPSA) is 9.23 Å². The molecular weight excluding hydrogens is 254 g/mol. The van der Waals surface area contributed by atoms with Crippen LogP contribution in [0.25, 0.3) is 0 Å². The molecule has 2 atom stereocenters. The van der Waals surface area contributed by atoms with Gasteiger partial charge in [-0.2, -0.15) is 0 Å². The molecular formula is C18H26B2O. The first-order chi connectivity index (χ1) is 10.2. The number of hydrogen-bond acceptors (Lipinski definition) is 1. The summed E-state index contributed by atoms with van der Waals surface area (Å²) in [5, 5.41) is -0.442. The van der Waals surface area contributed by atoms with Crippen LogP contribution in [0.5, 0.6) is 0 Å². The van der Waals surface area contributed by atoms with E-state index >= 15 is 0 Å². The van der Waals surface area contributed by atoms with Crippen molar-refractivity contribution in [1.82, 2.24) is 0 Å². The van der Waals surface area contributed by atoms with E-state index in [9.17, 15) is 0 Å². The van der Waals surface area contributed by atoms with Gasteiger partial charge in [-0.15, -0.1) is 0 Å². The number of benzene rings is 1. The van der Waals surface area contributed by atoms with Gasteiger partial charge in [0.15, 0.2) is 0 Å². The van der Waals surface area contributed by atoms with Crippen LogP contribution in [-0.4, -0.2) is 22.3 Å². The Labute approximate surface area is 132 Å². The van der Waals surface area contributed by atoms with Gasteiger partial charge in [-0.05, 0) is 23.8 Å². The molecule has 1 aromatic carbocycles. The molecule has 0 amide bonds. The second-order valence-corrected chi connectivity index (χ2v) is 6.39. The molecule has 0 saturated heterocycles. The first-order valence-corrected chi connectivity index (χ1v) is 8.35. The van der Waals surface area contributed by atoms with Crippen molar-refractivity contribution in [3.05, 3.63) is 35.9 Å². The zero-order valence-corrected chi connectivity index (χ0v) is 13.3. The predicted molar refractivity (Wildman–Crippen MR) is 90.7 cm³/mol. The van der Waals surface area contributed by atoms with Gasteiger partial charge in [0.05, 0.1) is 22.3 Å². The molecule has 1 saturated carbocycles. The normalized spacial score (nSPS) is 23.1. The molecule has 1 fully saturated rings. The molecule has 0 aromatic heterocycles. The van der Waals surface area contributed by atoms with Gasteiger partial charge in [0.1, 0.15) is 0 Å². The van der Waals surface area contributed by atoms with Crippen LogP contribution in [0.1, 0.15) is 51.0 Å². The Balaban J connectivity index is 1.60. The predicted octanol–water partition coefficient (Wildman–Crippen LogP) is 4.26. The third kappa shape index (κ3) is 4.92. The van der Waals surface area contributed by atoms with Gasteiger partial charge in [-0.25, -0.2) is 0 Å². The lowest BCUT2D eigenvalue weighted by molar-refractivity contribution is 0.113. The van der Waals surface area contributed by atoms with Crippen molar-refractivity contribution in [3.8, 4) is 0 Å². The van der Waals surface area contributed by atoms with E-state index in [1.165, 1.54) is 37.7 Å². The minimum absolute atomic E-state index is 0.440. The summed E-state index contributed by atoms with van der Waals surface area (Å²) in [6, 6.07) is 10.3. The van der Waals surface area contributed by atoms with Crippen LogP contribution in [0.3, 0.4) is 0 Å². The highest BCUT2D eigenvalue weighted by molar-refractivity contribution is 6.42. The van der Waals surface area contributed by atoms with E-state index in [2.05, 4.69) is 19.1 Å². The van der Waals surface area contributed by atoms with Crippen LogP contribution in [0, 0.1) is 11.8 Å². The maximum absolute atomic E-state index is 6.18. The summed E-state index contributed by atoms with van der Waals surface area (Å²) >= 11 is 0. The summed E-state index contributed by atoms with van der Waals surface area (Å²) in [6.45, 7) is 3.66. The molecule has 0 aliphatic heterocycles. The minimum atomic E-state index is -0.442. The maximum Gasteiger partial charge on any atom is 0.0716 e. The second-order valence-electron chi connectivity index (χ2n) is 6.39. The zero-order chi connectivity index (χ0) is 15.1. The van der Waals surface area contributed by atoms with Gasteiger partial charge < -0.3 is 4.74 Å². The molecule has 2 rings (SSSR count). The Hall–Kier alpha value is -0.690. The highest BCUT2D eigenvalue weighted by Gasteiger charge is 2.54. The molecule has 0 heterocycles. The molecule has 1 aromatic rings. The molecule has 1 aliphatic carbocycles. The van der Waals surface area contributed by atoms with E-state index in [0.29, 0.717) is 18.4 Å². The van der Waals surface area contributed by atoms with Crippen molar-refractivity contribution in [3.63, 3.8) is 0 Å². The van der Waals surface area contributed by atoms with Crippen molar-refractivity contribution in [2.45, 2.75) is 57.3 Å². The molecule has 0 spiro atoms. The van der Waals surface area contributed by atoms with E-state index in [-0.39, 0.29) is 0 Å². The van der Waals surface area contributed by atoms with Crippen molar-refractivity contribution >= 4 is 15.7 Å². The maximum atomic E-state index is 6.18. The first kappa shape index (κ1) is 16.7. The van der Waals surface area contributed by atoms with Gasteiger partial charge in [-0.1, -0.05) is 74.6 Å². The average Bonchev–Trinajstić information content (AvgIpc) is 3.01.